The first-order chi connectivity index (χ1) is 9.24. The van der Waals surface area contributed by atoms with Crippen molar-refractivity contribution in [1.29, 1.82) is 0 Å². The molecule has 1 aromatic rings. The highest BCUT2D eigenvalue weighted by atomic mass is 127. The van der Waals surface area contributed by atoms with Gasteiger partial charge in [0.1, 0.15) is 5.75 Å². The van der Waals surface area contributed by atoms with Gasteiger partial charge in [-0.3, -0.25) is 4.79 Å². The van der Waals surface area contributed by atoms with E-state index in [1.165, 1.54) is 25.7 Å². The molecule has 0 heterocycles. The lowest BCUT2D eigenvalue weighted by atomic mass is 10.1. The number of amides is 1. The smallest absolute Gasteiger partial charge is 0.258 e. The van der Waals surface area contributed by atoms with Crippen molar-refractivity contribution in [3.63, 3.8) is 0 Å². The van der Waals surface area contributed by atoms with Crippen LogP contribution in [0.15, 0.2) is 24.3 Å². The fourth-order valence-corrected chi connectivity index (χ4v) is 2.91. The Bertz CT molecular complexity index is 414. The van der Waals surface area contributed by atoms with Crippen molar-refractivity contribution in [3.05, 3.63) is 27.8 Å². The lowest BCUT2D eigenvalue weighted by Crippen LogP contribution is -2.37. The quantitative estimate of drug-likeness (QED) is 0.648. The van der Waals surface area contributed by atoms with Crippen LogP contribution in [0.4, 0.5) is 0 Å². The maximum absolute atomic E-state index is 11.8. The summed E-state index contributed by atoms with van der Waals surface area (Å²) >= 11 is 2.23. The standard InChI is InChI=1S/C15H20INO2/c16-12-6-5-9-14(10-12)19-11-15(18)17-13-7-3-1-2-4-8-13/h5-6,9-10,13H,1-4,7-8,11H2,(H,17,18). The topological polar surface area (TPSA) is 38.3 Å². The number of rotatable bonds is 4. The fraction of sp³-hybridized carbons (Fsp3) is 0.533. The van der Waals surface area contributed by atoms with Crippen LogP contribution in [0.3, 0.4) is 0 Å². The molecule has 0 saturated heterocycles. The lowest BCUT2D eigenvalue weighted by Gasteiger charge is -2.16. The van der Waals surface area contributed by atoms with Crippen molar-refractivity contribution in [3.8, 4) is 5.75 Å². The largest absolute Gasteiger partial charge is 0.484 e. The minimum Gasteiger partial charge on any atom is -0.484 e. The summed E-state index contributed by atoms with van der Waals surface area (Å²) in [5.74, 6) is 0.744. The van der Waals surface area contributed by atoms with Gasteiger partial charge in [0.05, 0.1) is 0 Å². The summed E-state index contributed by atoms with van der Waals surface area (Å²) in [7, 11) is 0. The molecule has 1 N–H and O–H groups in total. The number of nitrogens with one attached hydrogen (secondary N) is 1. The third kappa shape index (κ3) is 5.38. The van der Waals surface area contributed by atoms with Crippen LogP contribution in [-0.4, -0.2) is 18.6 Å². The Hall–Kier alpha value is -0.780. The van der Waals surface area contributed by atoms with Gasteiger partial charge in [-0.05, 0) is 53.6 Å². The number of hydrogen-bond acceptors (Lipinski definition) is 2. The highest BCUT2D eigenvalue weighted by molar-refractivity contribution is 14.1. The molecule has 0 spiro atoms. The lowest BCUT2D eigenvalue weighted by molar-refractivity contribution is -0.123. The fourth-order valence-electron chi connectivity index (χ4n) is 2.40. The van der Waals surface area contributed by atoms with Gasteiger partial charge in [0.25, 0.3) is 5.91 Å². The maximum atomic E-state index is 11.8. The molecular weight excluding hydrogens is 353 g/mol. The first-order valence-corrected chi connectivity index (χ1v) is 7.99. The second-order valence-corrected chi connectivity index (χ2v) is 6.25. The average molecular weight is 373 g/mol. The van der Waals surface area contributed by atoms with Gasteiger partial charge >= 0.3 is 0 Å². The molecule has 4 heteroatoms. The highest BCUT2D eigenvalue weighted by Crippen LogP contribution is 2.17. The summed E-state index contributed by atoms with van der Waals surface area (Å²) in [5, 5.41) is 3.08. The SMILES string of the molecule is O=C(COc1cccc(I)c1)NC1CCCCCC1. The molecule has 0 atom stereocenters. The maximum Gasteiger partial charge on any atom is 0.258 e. The first-order valence-electron chi connectivity index (χ1n) is 6.92. The molecule has 1 saturated carbocycles. The number of halogens is 1. The Morgan fingerprint density at radius 3 is 2.68 bits per heavy atom. The molecule has 1 aliphatic rings. The number of benzene rings is 1. The van der Waals surface area contributed by atoms with Crippen molar-refractivity contribution in [1.82, 2.24) is 5.32 Å². The van der Waals surface area contributed by atoms with Gasteiger partial charge in [-0.2, -0.15) is 0 Å². The zero-order valence-corrected chi connectivity index (χ0v) is 13.2. The monoisotopic (exact) mass is 373 g/mol. The van der Waals surface area contributed by atoms with Crippen LogP contribution in [0.25, 0.3) is 0 Å². The predicted octanol–water partition coefficient (Wildman–Crippen LogP) is 3.51. The zero-order chi connectivity index (χ0) is 13.5. The Morgan fingerprint density at radius 1 is 1.26 bits per heavy atom. The van der Waals surface area contributed by atoms with Gasteiger partial charge < -0.3 is 10.1 Å². The van der Waals surface area contributed by atoms with Crippen LogP contribution >= 0.6 is 22.6 Å². The molecule has 1 aromatic carbocycles. The summed E-state index contributed by atoms with van der Waals surface area (Å²) < 4.78 is 6.62. The van der Waals surface area contributed by atoms with Crippen molar-refractivity contribution in [2.45, 2.75) is 44.6 Å². The molecule has 0 unspecified atom stereocenters. The summed E-state index contributed by atoms with van der Waals surface area (Å²) in [6, 6.07) is 8.08. The van der Waals surface area contributed by atoms with Crippen LogP contribution in [-0.2, 0) is 4.79 Å². The molecule has 0 bridgehead atoms. The molecular formula is C15H20INO2. The third-order valence-electron chi connectivity index (χ3n) is 3.39. The average Bonchev–Trinajstić information content (AvgIpc) is 2.65. The van der Waals surface area contributed by atoms with Crippen LogP contribution in [0.2, 0.25) is 0 Å². The van der Waals surface area contributed by atoms with Crippen molar-refractivity contribution >= 4 is 28.5 Å². The molecule has 0 aliphatic heterocycles. The van der Waals surface area contributed by atoms with Gasteiger partial charge in [-0.15, -0.1) is 0 Å². The van der Waals surface area contributed by atoms with Crippen LogP contribution in [0, 0.1) is 3.57 Å². The van der Waals surface area contributed by atoms with Crippen LogP contribution < -0.4 is 10.1 Å². The minimum absolute atomic E-state index is 0.00855. The van der Waals surface area contributed by atoms with E-state index in [2.05, 4.69) is 27.9 Å². The molecule has 0 radical (unpaired) electrons. The van der Waals surface area contributed by atoms with Crippen LogP contribution in [0.1, 0.15) is 38.5 Å². The van der Waals surface area contributed by atoms with E-state index in [0.29, 0.717) is 6.04 Å². The van der Waals surface area contributed by atoms with E-state index in [4.69, 9.17) is 4.74 Å². The van der Waals surface area contributed by atoms with Gasteiger partial charge in [0.2, 0.25) is 0 Å². The van der Waals surface area contributed by atoms with Crippen LogP contribution in [0.5, 0.6) is 5.75 Å². The summed E-state index contributed by atoms with van der Waals surface area (Å²) in [6.07, 6.45) is 7.26. The molecule has 1 fully saturated rings. The zero-order valence-electron chi connectivity index (χ0n) is 11.0. The molecule has 1 amide bonds. The molecule has 3 nitrogen and oxygen atoms in total. The van der Waals surface area contributed by atoms with Gasteiger partial charge in [-0.25, -0.2) is 0 Å². The van der Waals surface area contributed by atoms with E-state index in [1.54, 1.807) is 0 Å². The summed E-state index contributed by atoms with van der Waals surface area (Å²) in [6.45, 7) is 0.108. The summed E-state index contributed by atoms with van der Waals surface area (Å²) in [5.41, 5.74) is 0. The van der Waals surface area contributed by atoms with Gasteiger partial charge in [0, 0.05) is 9.61 Å². The Balaban J connectivity index is 1.74. The van der Waals surface area contributed by atoms with Gasteiger partial charge in [-0.1, -0.05) is 31.7 Å². The third-order valence-corrected chi connectivity index (χ3v) is 4.06. The number of hydrogen-bond donors (Lipinski definition) is 1. The Morgan fingerprint density at radius 2 is 2.00 bits per heavy atom. The molecule has 2 rings (SSSR count). The summed E-state index contributed by atoms with van der Waals surface area (Å²) in [4.78, 5) is 11.8. The number of ether oxygens (including phenoxy) is 1. The molecule has 104 valence electrons. The van der Waals surface area contributed by atoms with E-state index in [1.807, 2.05) is 24.3 Å². The molecule has 19 heavy (non-hydrogen) atoms. The van der Waals surface area contributed by atoms with E-state index >= 15 is 0 Å². The molecule has 0 aromatic heterocycles. The second kappa shape index (κ2) is 7.72. The minimum atomic E-state index is -0.00855. The first kappa shape index (κ1) is 14.6. The Labute approximate surface area is 128 Å². The van der Waals surface area contributed by atoms with E-state index in [0.717, 1.165) is 22.2 Å². The van der Waals surface area contributed by atoms with E-state index in [-0.39, 0.29) is 12.5 Å². The normalized spacial score (nSPS) is 16.7. The highest BCUT2D eigenvalue weighted by Gasteiger charge is 2.14. The number of carbonyl (C=O) groups excluding carboxylic acids is 1. The van der Waals surface area contributed by atoms with Gasteiger partial charge in [0.15, 0.2) is 6.61 Å². The predicted molar refractivity (Wildman–Crippen MR) is 84.3 cm³/mol. The number of carbonyl (C=O) groups is 1. The van der Waals surface area contributed by atoms with Crippen molar-refractivity contribution in [2.24, 2.45) is 0 Å². The second-order valence-electron chi connectivity index (χ2n) is 5.00. The Kier molecular flexibility index (Phi) is 5.94. The molecule has 1 aliphatic carbocycles. The van der Waals surface area contributed by atoms with E-state index in [9.17, 15) is 4.79 Å². The van der Waals surface area contributed by atoms with Crippen molar-refractivity contribution < 1.29 is 9.53 Å². The van der Waals surface area contributed by atoms with E-state index < -0.39 is 0 Å². The van der Waals surface area contributed by atoms with Crippen molar-refractivity contribution in [2.75, 3.05) is 6.61 Å².